The van der Waals surface area contributed by atoms with Crippen LogP contribution in [-0.4, -0.2) is 11.7 Å². The molecular weight excluding hydrogens is 354 g/mol. The standard InChI is InChI=1S/C23H25NO2S/c1-23(2,3)16-8-6-14(7-9-16)15-11-18-22(19(25)12-15)17(13-21(26)24-18)20-5-4-10-27-20/h4-10,15,17H,11-13H2,1-3H3,(H,24,26). The summed E-state index contributed by atoms with van der Waals surface area (Å²) in [4.78, 5) is 26.4. The van der Waals surface area contributed by atoms with Crippen LogP contribution in [0.25, 0.3) is 0 Å². The molecule has 2 aromatic rings. The lowest BCUT2D eigenvalue weighted by Crippen LogP contribution is -2.37. The molecule has 2 heterocycles. The maximum atomic E-state index is 13.0. The van der Waals surface area contributed by atoms with Crippen LogP contribution in [0.4, 0.5) is 0 Å². The molecule has 1 N–H and O–H groups in total. The molecule has 2 aliphatic rings. The first-order chi connectivity index (χ1) is 12.8. The number of Topliss-reactive ketones (excluding diaryl/α,β-unsaturated/α-hetero) is 1. The highest BCUT2D eigenvalue weighted by atomic mass is 32.1. The van der Waals surface area contributed by atoms with Crippen molar-refractivity contribution in [2.75, 3.05) is 0 Å². The number of hydrogen-bond acceptors (Lipinski definition) is 3. The minimum absolute atomic E-state index is 0.0173. The van der Waals surface area contributed by atoms with Crippen LogP contribution in [0, 0.1) is 0 Å². The second kappa shape index (κ2) is 6.75. The van der Waals surface area contributed by atoms with Gasteiger partial charge in [0.05, 0.1) is 0 Å². The molecular formula is C23H25NO2S. The first-order valence-electron chi connectivity index (χ1n) is 9.53. The largest absolute Gasteiger partial charge is 0.329 e. The lowest BCUT2D eigenvalue weighted by molar-refractivity contribution is -0.122. The van der Waals surface area contributed by atoms with Crippen LogP contribution in [0.5, 0.6) is 0 Å². The van der Waals surface area contributed by atoms with Crippen molar-refractivity contribution in [2.45, 2.75) is 57.3 Å². The summed E-state index contributed by atoms with van der Waals surface area (Å²) in [6, 6.07) is 12.6. The predicted molar refractivity (Wildman–Crippen MR) is 109 cm³/mol. The molecule has 1 aliphatic carbocycles. The van der Waals surface area contributed by atoms with Gasteiger partial charge in [-0.3, -0.25) is 9.59 Å². The van der Waals surface area contributed by atoms with Crippen LogP contribution >= 0.6 is 11.3 Å². The molecule has 2 atom stereocenters. The molecule has 0 bridgehead atoms. The summed E-state index contributed by atoms with van der Waals surface area (Å²) in [5.74, 6) is 0.251. The van der Waals surface area contributed by atoms with Crippen molar-refractivity contribution in [1.29, 1.82) is 0 Å². The fourth-order valence-electron chi connectivity index (χ4n) is 4.18. The molecule has 3 nitrogen and oxygen atoms in total. The van der Waals surface area contributed by atoms with E-state index in [4.69, 9.17) is 0 Å². The molecule has 2 unspecified atom stereocenters. The zero-order chi connectivity index (χ0) is 19.2. The summed E-state index contributed by atoms with van der Waals surface area (Å²) in [6.45, 7) is 6.60. The molecule has 1 amide bonds. The van der Waals surface area contributed by atoms with Gasteiger partial charge in [0.2, 0.25) is 5.91 Å². The van der Waals surface area contributed by atoms with Gasteiger partial charge < -0.3 is 5.32 Å². The summed E-state index contributed by atoms with van der Waals surface area (Å²) in [6.07, 6.45) is 1.62. The average molecular weight is 380 g/mol. The first kappa shape index (κ1) is 18.2. The zero-order valence-corrected chi connectivity index (χ0v) is 16.9. The van der Waals surface area contributed by atoms with Crippen molar-refractivity contribution >= 4 is 23.0 Å². The average Bonchev–Trinajstić information content (AvgIpc) is 3.14. The third-order valence-corrected chi connectivity index (χ3v) is 6.66. The van der Waals surface area contributed by atoms with Crippen molar-refractivity contribution in [3.05, 3.63) is 69.1 Å². The Morgan fingerprint density at radius 1 is 1.00 bits per heavy atom. The number of ketones is 1. The van der Waals surface area contributed by atoms with Crippen LogP contribution < -0.4 is 5.32 Å². The van der Waals surface area contributed by atoms with Gasteiger partial charge in [0.25, 0.3) is 0 Å². The van der Waals surface area contributed by atoms with E-state index in [1.807, 2.05) is 17.5 Å². The number of benzene rings is 1. The summed E-state index contributed by atoms with van der Waals surface area (Å²) in [5.41, 5.74) is 4.25. The van der Waals surface area contributed by atoms with E-state index in [2.05, 4.69) is 50.4 Å². The van der Waals surface area contributed by atoms with Crippen LogP contribution in [0.1, 0.15) is 67.9 Å². The van der Waals surface area contributed by atoms with E-state index in [1.165, 1.54) is 11.1 Å². The molecule has 4 rings (SSSR count). The number of carbonyl (C=O) groups is 2. The van der Waals surface area contributed by atoms with Crippen LogP contribution in [0.15, 0.2) is 53.0 Å². The molecule has 0 radical (unpaired) electrons. The molecule has 0 saturated heterocycles. The zero-order valence-electron chi connectivity index (χ0n) is 16.0. The topological polar surface area (TPSA) is 46.2 Å². The number of nitrogens with one attached hydrogen (secondary N) is 1. The number of hydrogen-bond donors (Lipinski definition) is 1. The van der Waals surface area contributed by atoms with Crippen molar-refractivity contribution in [3.8, 4) is 0 Å². The van der Waals surface area contributed by atoms with E-state index in [-0.39, 0.29) is 28.9 Å². The maximum absolute atomic E-state index is 13.0. The number of rotatable bonds is 2. The number of carbonyl (C=O) groups excluding carboxylic acids is 2. The van der Waals surface area contributed by atoms with Gasteiger partial charge in [0.1, 0.15) is 0 Å². The minimum atomic E-state index is -0.0783. The quantitative estimate of drug-likeness (QED) is 0.794. The fraction of sp³-hybridized carbons (Fsp3) is 0.391. The summed E-state index contributed by atoms with van der Waals surface area (Å²) in [7, 11) is 0. The second-order valence-electron chi connectivity index (χ2n) is 8.61. The molecule has 0 saturated carbocycles. The lowest BCUT2D eigenvalue weighted by atomic mass is 9.74. The van der Waals surface area contributed by atoms with Gasteiger partial charge in [-0.25, -0.2) is 0 Å². The fourth-order valence-corrected chi connectivity index (χ4v) is 5.02. The Morgan fingerprint density at radius 2 is 1.74 bits per heavy atom. The molecule has 1 aromatic heterocycles. The predicted octanol–water partition coefficient (Wildman–Crippen LogP) is 5.05. The third-order valence-electron chi connectivity index (χ3n) is 5.67. The van der Waals surface area contributed by atoms with Gasteiger partial charge in [0.15, 0.2) is 5.78 Å². The van der Waals surface area contributed by atoms with E-state index >= 15 is 0 Å². The highest BCUT2D eigenvalue weighted by molar-refractivity contribution is 7.10. The van der Waals surface area contributed by atoms with Crippen LogP contribution in [-0.2, 0) is 15.0 Å². The summed E-state index contributed by atoms with van der Waals surface area (Å²) in [5, 5.41) is 5.01. The molecule has 1 aliphatic heterocycles. The van der Waals surface area contributed by atoms with E-state index in [0.29, 0.717) is 12.8 Å². The monoisotopic (exact) mass is 379 g/mol. The Kier molecular flexibility index (Phi) is 4.55. The Hall–Kier alpha value is -2.20. The molecule has 27 heavy (non-hydrogen) atoms. The third kappa shape index (κ3) is 3.51. The minimum Gasteiger partial charge on any atom is -0.329 e. The first-order valence-corrected chi connectivity index (χ1v) is 10.4. The highest BCUT2D eigenvalue weighted by Crippen LogP contribution is 2.43. The van der Waals surface area contributed by atoms with E-state index < -0.39 is 0 Å². The lowest BCUT2D eigenvalue weighted by Gasteiger charge is -2.34. The van der Waals surface area contributed by atoms with Crippen molar-refractivity contribution in [2.24, 2.45) is 0 Å². The highest BCUT2D eigenvalue weighted by Gasteiger charge is 2.38. The van der Waals surface area contributed by atoms with Crippen molar-refractivity contribution in [3.63, 3.8) is 0 Å². The Balaban J connectivity index is 1.64. The normalized spacial score (nSPS) is 23.2. The molecule has 4 heteroatoms. The van der Waals surface area contributed by atoms with Gasteiger partial charge in [0, 0.05) is 34.9 Å². The maximum Gasteiger partial charge on any atom is 0.225 e. The van der Waals surface area contributed by atoms with E-state index in [1.54, 1.807) is 11.3 Å². The number of allylic oxidation sites excluding steroid dienone is 2. The SMILES string of the molecule is CC(C)(C)c1ccc(C2CC(=O)C3=C(C2)NC(=O)CC3c2cccs2)cc1. The Labute approximate surface area is 164 Å². The summed E-state index contributed by atoms with van der Waals surface area (Å²) < 4.78 is 0. The van der Waals surface area contributed by atoms with E-state index in [9.17, 15) is 9.59 Å². The Bertz CT molecular complexity index is 901. The van der Waals surface area contributed by atoms with Gasteiger partial charge in [-0.15, -0.1) is 11.3 Å². The van der Waals surface area contributed by atoms with Gasteiger partial charge in [-0.2, -0.15) is 0 Å². The van der Waals surface area contributed by atoms with Gasteiger partial charge in [-0.1, -0.05) is 51.1 Å². The number of amides is 1. The van der Waals surface area contributed by atoms with Gasteiger partial charge in [-0.05, 0) is 40.3 Å². The Morgan fingerprint density at radius 3 is 2.37 bits per heavy atom. The van der Waals surface area contributed by atoms with E-state index in [0.717, 1.165) is 22.6 Å². The second-order valence-corrected chi connectivity index (χ2v) is 9.59. The summed E-state index contributed by atoms with van der Waals surface area (Å²) >= 11 is 1.62. The van der Waals surface area contributed by atoms with Crippen LogP contribution in [0.2, 0.25) is 0 Å². The van der Waals surface area contributed by atoms with Crippen LogP contribution in [0.3, 0.4) is 0 Å². The van der Waals surface area contributed by atoms with Crippen molar-refractivity contribution in [1.82, 2.24) is 5.32 Å². The molecule has 140 valence electrons. The van der Waals surface area contributed by atoms with Gasteiger partial charge >= 0.3 is 0 Å². The smallest absolute Gasteiger partial charge is 0.225 e. The molecule has 0 spiro atoms. The molecule has 1 aromatic carbocycles. The van der Waals surface area contributed by atoms with Crippen molar-refractivity contribution < 1.29 is 9.59 Å². The number of thiophene rings is 1. The molecule has 0 fully saturated rings.